The minimum Gasteiger partial charge on any atom is -0.376 e. The van der Waals surface area contributed by atoms with Gasteiger partial charge in [-0.05, 0) is 31.1 Å². The topological polar surface area (TPSA) is 33.0 Å². The predicted octanol–water partition coefficient (Wildman–Crippen LogP) is 2.96. The maximum Gasteiger partial charge on any atom is 0.143 e. The van der Waals surface area contributed by atoms with E-state index in [0.29, 0.717) is 12.7 Å². The van der Waals surface area contributed by atoms with E-state index in [2.05, 4.69) is 13.8 Å². The molecular formula is C11H18ClNO. The van der Waals surface area contributed by atoms with Crippen LogP contribution in [0.2, 0.25) is 0 Å². The minimum absolute atomic E-state index is 0.309. The molecule has 0 heterocycles. The van der Waals surface area contributed by atoms with Crippen LogP contribution >= 0.6 is 11.6 Å². The highest BCUT2D eigenvalue weighted by atomic mass is 35.5. The molecule has 0 aromatic carbocycles. The van der Waals surface area contributed by atoms with Crippen LogP contribution in [0.4, 0.5) is 0 Å². The van der Waals surface area contributed by atoms with Crippen LogP contribution in [0.1, 0.15) is 33.1 Å². The first-order chi connectivity index (χ1) is 6.61. The molecule has 0 bridgehead atoms. The lowest BCUT2D eigenvalue weighted by atomic mass is 9.82. The lowest BCUT2D eigenvalue weighted by Crippen LogP contribution is -2.28. The van der Waals surface area contributed by atoms with Crippen molar-refractivity contribution in [1.82, 2.24) is 0 Å². The zero-order chi connectivity index (χ0) is 10.6. The highest BCUT2D eigenvalue weighted by molar-refractivity contribution is 6.22. The molecule has 1 aliphatic carbocycles. The Morgan fingerprint density at radius 3 is 2.43 bits per heavy atom. The molecule has 1 aliphatic rings. The van der Waals surface area contributed by atoms with Crippen molar-refractivity contribution >= 4 is 11.6 Å². The number of hydrogen-bond acceptors (Lipinski definition) is 2. The number of halogens is 1. The summed E-state index contributed by atoms with van der Waals surface area (Å²) in [5, 5.41) is 8.01. The van der Waals surface area contributed by atoms with E-state index in [9.17, 15) is 0 Å². The summed E-state index contributed by atoms with van der Waals surface area (Å²) in [7, 11) is 0. The van der Waals surface area contributed by atoms with Crippen molar-refractivity contribution in [2.75, 3.05) is 6.61 Å². The zero-order valence-electron chi connectivity index (χ0n) is 8.87. The van der Waals surface area contributed by atoms with E-state index in [0.717, 1.165) is 24.7 Å². The van der Waals surface area contributed by atoms with Crippen LogP contribution < -0.4 is 0 Å². The van der Waals surface area contributed by atoms with Gasteiger partial charge in [0, 0.05) is 0 Å². The molecule has 0 aliphatic heterocycles. The first kappa shape index (κ1) is 11.8. The van der Waals surface area contributed by atoms with E-state index in [4.69, 9.17) is 21.6 Å². The minimum atomic E-state index is -0.498. The van der Waals surface area contributed by atoms with Gasteiger partial charge in [-0.15, -0.1) is 11.6 Å². The zero-order valence-corrected chi connectivity index (χ0v) is 9.63. The van der Waals surface area contributed by atoms with Crippen LogP contribution in [0.25, 0.3) is 0 Å². The second-order valence-corrected chi connectivity index (χ2v) is 5.00. The van der Waals surface area contributed by atoms with Gasteiger partial charge < -0.3 is 4.74 Å². The second-order valence-electron chi connectivity index (χ2n) is 4.47. The fraction of sp³-hybridized carbons (Fsp3) is 0.909. The average Bonchev–Trinajstić information content (AvgIpc) is 2.12. The molecule has 0 aromatic rings. The van der Waals surface area contributed by atoms with Gasteiger partial charge in [-0.25, -0.2) is 0 Å². The van der Waals surface area contributed by atoms with E-state index in [-0.39, 0.29) is 0 Å². The summed E-state index contributed by atoms with van der Waals surface area (Å²) in [5.41, 5.74) is 0. The van der Waals surface area contributed by atoms with Gasteiger partial charge in [0.15, 0.2) is 0 Å². The van der Waals surface area contributed by atoms with Gasteiger partial charge >= 0.3 is 0 Å². The Hall–Kier alpha value is -0.260. The Bertz CT molecular complexity index is 204. The van der Waals surface area contributed by atoms with Crippen LogP contribution in [0.3, 0.4) is 0 Å². The number of alkyl halides is 1. The monoisotopic (exact) mass is 215 g/mol. The van der Waals surface area contributed by atoms with E-state index >= 15 is 0 Å². The lowest BCUT2D eigenvalue weighted by molar-refractivity contribution is 0.00471. The van der Waals surface area contributed by atoms with Gasteiger partial charge in [0.25, 0.3) is 0 Å². The maximum absolute atomic E-state index is 8.51. The van der Waals surface area contributed by atoms with Crippen molar-refractivity contribution < 1.29 is 4.74 Å². The number of ether oxygens (including phenoxy) is 1. The highest BCUT2D eigenvalue weighted by Gasteiger charge is 2.24. The van der Waals surface area contributed by atoms with E-state index in [1.165, 1.54) is 6.42 Å². The molecule has 1 saturated carbocycles. The van der Waals surface area contributed by atoms with Gasteiger partial charge in [0.1, 0.15) is 5.38 Å². The van der Waals surface area contributed by atoms with E-state index in [1.807, 2.05) is 6.07 Å². The Morgan fingerprint density at radius 2 is 1.93 bits per heavy atom. The smallest absolute Gasteiger partial charge is 0.143 e. The van der Waals surface area contributed by atoms with Crippen molar-refractivity contribution in [3.63, 3.8) is 0 Å². The summed E-state index contributed by atoms with van der Waals surface area (Å²) in [6, 6.07) is 1.97. The Morgan fingerprint density at radius 1 is 1.36 bits per heavy atom. The molecule has 0 saturated heterocycles. The number of nitrogens with zero attached hydrogens (tertiary/aromatic N) is 1. The second kappa shape index (κ2) is 5.58. The molecule has 0 amide bonds. The van der Waals surface area contributed by atoms with Crippen LogP contribution in [-0.2, 0) is 4.74 Å². The largest absolute Gasteiger partial charge is 0.376 e. The fourth-order valence-corrected chi connectivity index (χ4v) is 2.34. The first-order valence-electron chi connectivity index (χ1n) is 5.27. The molecule has 80 valence electrons. The molecule has 2 nitrogen and oxygen atoms in total. The normalized spacial score (nSPS) is 34.9. The molecule has 0 spiro atoms. The maximum atomic E-state index is 8.51. The standard InChI is InChI=1S/C11H18ClNO/c1-8-3-9(2)5-11(4-8)14-7-10(12)6-13/h8-11H,3-5,7H2,1-2H3. The van der Waals surface area contributed by atoms with Crippen LogP contribution in [0, 0.1) is 23.2 Å². The third-order valence-corrected chi connectivity index (χ3v) is 2.98. The van der Waals surface area contributed by atoms with Crippen molar-refractivity contribution in [2.45, 2.75) is 44.6 Å². The molecule has 3 heteroatoms. The van der Waals surface area contributed by atoms with E-state index < -0.39 is 5.38 Å². The molecule has 1 fully saturated rings. The SMILES string of the molecule is CC1CC(C)CC(OCC(Cl)C#N)C1. The molecule has 1 rings (SSSR count). The van der Waals surface area contributed by atoms with Crippen molar-refractivity contribution in [1.29, 1.82) is 5.26 Å². The number of nitriles is 1. The Kier molecular flexibility index (Phi) is 4.71. The third kappa shape index (κ3) is 3.86. The van der Waals surface area contributed by atoms with Gasteiger partial charge in [-0.2, -0.15) is 5.26 Å². The van der Waals surface area contributed by atoms with Crippen molar-refractivity contribution in [3.8, 4) is 6.07 Å². The molecule has 3 atom stereocenters. The quantitative estimate of drug-likeness (QED) is 0.679. The van der Waals surface area contributed by atoms with Gasteiger partial charge in [-0.3, -0.25) is 0 Å². The summed E-state index contributed by atoms with van der Waals surface area (Å²) in [6.07, 6.45) is 3.82. The summed E-state index contributed by atoms with van der Waals surface area (Å²) >= 11 is 5.67. The average molecular weight is 216 g/mol. The van der Waals surface area contributed by atoms with Gasteiger partial charge in [0.2, 0.25) is 0 Å². The van der Waals surface area contributed by atoms with Crippen molar-refractivity contribution in [3.05, 3.63) is 0 Å². The number of rotatable bonds is 3. The van der Waals surface area contributed by atoms with Gasteiger partial charge in [-0.1, -0.05) is 13.8 Å². The predicted molar refractivity (Wildman–Crippen MR) is 57.2 cm³/mol. The first-order valence-corrected chi connectivity index (χ1v) is 5.70. The van der Waals surface area contributed by atoms with Crippen LogP contribution in [-0.4, -0.2) is 18.1 Å². The molecule has 3 unspecified atom stereocenters. The van der Waals surface area contributed by atoms with Crippen molar-refractivity contribution in [2.24, 2.45) is 11.8 Å². The molecule has 0 radical (unpaired) electrons. The summed E-state index contributed by atoms with van der Waals surface area (Å²) < 4.78 is 5.62. The third-order valence-electron chi connectivity index (χ3n) is 2.75. The molecular weight excluding hydrogens is 198 g/mol. The summed E-state index contributed by atoms with van der Waals surface area (Å²) in [6.45, 7) is 4.88. The molecule has 0 N–H and O–H groups in total. The fourth-order valence-electron chi connectivity index (χ4n) is 2.27. The molecule has 14 heavy (non-hydrogen) atoms. The van der Waals surface area contributed by atoms with E-state index in [1.54, 1.807) is 0 Å². The Balaban J connectivity index is 2.27. The van der Waals surface area contributed by atoms with Gasteiger partial charge in [0.05, 0.1) is 18.8 Å². The Labute approximate surface area is 91.2 Å². The highest BCUT2D eigenvalue weighted by Crippen LogP contribution is 2.30. The lowest BCUT2D eigenvalue weighted by Gasteiger charge is -2.31. The van der Waals surface area contributed by atoms with Crippen LogP contribution in [0.5, 0.6) is 0 Å². The summed E-state index contributed by atoms with van der Waals surface area (Å²) in [4.78, 5) is 0. The molecule has 0 aromatic heterocycles. The summed E-state index contributed by atoms with van der Waals surface area (Å²) in [5.74, 6) is 1.47. The number of hydrogen-bond donors (Lipinski definition) is 0. The van der Waals surface area contributed by atoms with Crippen LogP contribution in [0.15, 0.2) is 0 Å².